The lowest BCUT2D eigenvalue weighted by atomic mass is 10.0. The summed E-state index contributed by atoms with van der Waals surface area (Å²) in [5, 5.41) is 4.41. The number of halogens is 1. The highest BCUT2D eigenvalue weighted by Gasteiger charge is 2.10. The Morgan fingerprint density at radius 2 is 1.81 bits per heavy atom. The molecule has 2 nitrogen and oxygen atoms in total. The molecule has 0 saturated heterocycles. The molecule has 2 unspecified atom stereocenters. The van der Waals surface area contributed by atoms with Crippen LogP contribution in [0.25, 0.3) is 0 Å². The number of benzene rings is 2. The van der Waals surface area contributed by atoms with Crippen molar-refractivity contribution in [3.63, 3.8) is 0 Å². The van der Waals surface area contributed by atoms with E-state index in [1.54, 1.807) is 7.11 Å². The first kappa shape index (κ1) is 15.9. The van der Waals surface area contributed by atoms with Crippen molar-refractivity contribution in [1.82, 2.24) is 5.32 Å². The molecule has 0 fully saturated rings. The maximum Gasteiger partial charge on any atom is 0.118 e. The van der Waals surface area contributed by atoms with Crippen LogP contribution in [0.4, 0.5) is 0 Å². The molecule has 112 valence electrons. The smallest absolute Gasteiger partial charge is 0.118 e. The average molecular weight is 304 g/mol. The predicted octanol–water partition coefficient (Wildman–Crippen LogP) is 4.63. The van der Waals surface area contributed by atoms with Gasteiger partial charge in [-0.15, -0.1) is 0 Å². The quantitative estimate of drug-likeness (QED) is 0.840. The van der Waals surface area contributed by atoms with Crippen LogP contribution in [-0.4, -0.2) is 13.2 Å². The summed E-state index contributed by atoms with van der Waals surface area (Å²) >= 11 is 6.03. The molecule has 2 rings (SSSR count). The Kier molecular flexibility index (Phi) is 5.66. The monoisotopic (exact) mass is 303 g/mol. The van der Waals surface area contributed by atoms with E-state index in [1.807, 2.05) is 30.3 Å². The van der Waals surface area contributed by atoms with Gasteiger partial charge < -0.3 is 10.1 Å². The second kappa shape index (κ2) is 7.48. The van der Waals surface area contributed by atoms with Gasteiger partial charge >= 0.3 is 0 Å². The van der Waals surface area contributed by atoms with Crippen LogP contribution in [0.2, 0.25) is 5.02 Å². The van der Waals surface area contributed by atoms with Crippen molar-refractivity contribution in [2.75, 3.05) is 7.11 Å². The van der Waals surface area contributed by atoms with Crippen LogP contribution in [0.5, 0.6) is 5.75 Å². The molecule has 0 amide bonds. The SMILES string of the molecule is COc1ccc(C(C)NC(C)Cc2cccc(Cl)c2)cc1. The van der Waals surface area contributed by atoms with E-state index in [-0.39, 0.29) is 0 Å². The molecule has 3 heteroatoms. The second-order valence-corrected chi connectivity index (χ2v) is 5.83. The number of nitrogens with one attached hydrogen (secondary N) is 1. The van der Waals surface area contributed by atoms with Crippen LogP contribution in [-0.2, 0) is 6.42 Å². The van der Waals surface area contributed by atoms with E-state index in [0.29, 0.717) is 12.1 Å². The molecule has 0 radical (unpaired) electrons. The van der Waals surface area contributed by atoms with Crippen molar-refractivity contribution >= 4 is 11.6 Å². The summed E-state index contributed by atoms with van der Waals surface area (Å²) < 4.78 is 5.19. The molecule has 0 spiro atoms. The molecular weight excluding hydrogens is 282 g/mol. The van der Waals surface area contributed by atoms with Crippen molar-refractivity contribution in [3.05, 3.63) is 64.7 Å². The summed E-state index contributed by atoms with van der Waals surface area (Å²) in [7, 11) is 1.68. The standard InChI is InChI=1S/C18H22ClNO/c1-13(11-15-5-4-6-17(19)12-15)20-14(2)16-7-9-18(21-3)10-8-16/h4-10,12-14,20H,11H2,1-3H3. The maximum absolute atomic E-state index is 6.03. The van der Waals surface area contributed by atoms with Crippen LogP contribution in [0.1, 0.15) is 31.0 Å². The minimum atomic E-state index is 0.296. The highest BCUT2D eigenvalue weighted by atomic mass is 35.5. The lowest BCUT2D eigenvalue weighted by Gasteiger charge is -2.21. The van der Waals surface area contributed by atoms with Gasteiger partial charge in [-0.25, -0.2) is 0 Å². The lowest BCUT2D eigenvalue weighted by Crippen LogP contribution is -2.30. The minimum absolute atomic E-state index is 0.296. The molecule has 1 N–H and O–H groups in total. The fraction of sp³-hybridized carbons (Fsp3) is 0.333. The van der Waals surface area contributed by atoms with Crippen molar-refractivity contribution in [2.24, 2.45) is 0 Å². The average Bonchev–Trinajstić information content (AvgIpc) is 2.47. The van der Waals surface area contributed by atoms with Crippen molar-refractivity contribution in [1.29, 1.82) is 0 Å². The lowest BCUT2D eigenvalue weighted by molar-refractivity contribution is 0.414. The Morgan fingerprint density at radius 1 is 1.10 bits per heavy atom. The van der Waals surface area contributed by atoms with Gasteiger partial charge in [0, 0.05) is 17.1 Å². The fourth-order valence-electron chi connectivity index (χ4n) is 2.49. The van der Waals surface area contributed by atoms with Gasteiger partial charge in [-0.3, -0.25) is 0 Å². The van der Waals surface area contributed by atoms with E-state index in [4.69, 9.17) is 16.3 Å². The highest BCUT2D eigenvalue weighted by molar-refractivity contribution is 6.30. The zero-order valence-corrected chi connectivity index (χ0v) is 13.5. The van der Waals surface area contributed by atoms with E-state index < -0.39 is 0 Å². The first-order chi connectivity index (χ1) is 10.1. The Hall–Kier alpha value is -1.51. The molecule has 0 aliphatic rings. The van der Waals surface area contributed by atoms with Gasteiger partial charge in [0.2, 0.25) is 0 Å². The molecule has 0 bridgehead atoms. The van der Waals surface area contributed by atoms with Crippen molar-refractivity contribution in [2.45, 2.75) is 32.4 Å². The molecule has 21 heavy (non-hydrogen) atoms. The molecule has 0 saturated carbocycles. The first-order valence-electron chi connectivity index (χ1n) is 7.23. The molecule has 2 atom stereocenters. The number of hydrogen-bond acceptors (Lipinski definition) is 2. The van der Waals surface area contributed by atoms with Crippen molar-refractivity contribution < 1.29 is 4.74 Å². The summed E-state index contributed by atoms with van der Waals surface area (Å²) in [6.45, 7) is 4.37. The predicted molar refractivity (Wildman–Crippen MR) is 89.2 cm³/mol. The number of methoxy groups -OCH3 is 1. The third-order valence-electron chi connectivity index (χ3n) is 3.58. The summed E-state index contributed by atoms with van der Waals surface area (Å²) in [4.78, 5) is 0. The fourth-order valence-corrected chi connectivity index (χ4v) is 2.70. The van der Waals surface area contributed by atoms with Gasteiger partial charge in [0.15, 0.2) is 0 Å². The zero-order chi connectivity index (χ0) is 15.2. The Bertz CT molecular complexity index is 568. The summed E-state index contributed by atoms with van der Waals surface area (Å²) in [5.41, 5.74) is 2.51. The molecular formula is C18H22ClNO. The van der Waals surface area contributed by atoms with Gasteiger partial charge in [0.1, 0.15) is 5.75 Å². The number of hydrogen-bond donors (Lipinski definition) is 1. The summed E-state index contributed by atoms with van der Waals surface area (Å²) in [6, 6.07) is 16.9. The Balaban J connectivity index is 1.93. The summed E-state index contributed by atoms with van der Waals surface area (Å²) in [6.07, 6.45) is 0.959. The van der Waals surface area contributed by atoms with E-state index >= 15 is 0 Å². The normalized spacial score (nSPS) is 13.7. The van der Waals surface area contributed by atoms with E-state index in [0.717, 1.165) is 17.2 Å². The molecule has 0 aliphatic carbocycles. The van der Waals surface area contributed by atoms with Crippen LogP contribution in [0, 0.1) is 0 Å². The van der Waals surface area contributed by atoms with Gasteiger partial charge in [0.25, 0.3) is 0 Å². The zero-order valence-electron chi connectivity index (χ0n) is 12.8. The van der Waals surface area contributed by atoms with Gasteiger partial charge in [-0.05, 0) is 55.7 Å². The maximum atomic E-state index is 6.03. The molecule has 2 aromatic rings. The van der Waals surface area contributed by atoms with E-state index in [2.05, 4.69) is 37.4 Å². The molecule has 0 aromatic heterocycles. The van der Waals surface area contributed by atoms with Gasteiger partial charge in [-0.2, -0.15) is 0 Å². The second-order valence-electron chi connectivity index (χ2n) is 5.40. The molecule has 0 heterocycles. The van der Waals surface area contributed by atoms with Crippen molar-refractivity contribution in [3.8, 4) is 5.75 Å². The Morgan fingerprint density at radius 3 is 2.43 bits per heavy atom. The van der Waals surface area contributed by atoms with Gasteiger partial charge in [-0.1, -0.05) is 35.9 Å². The summed E-state index contributed by atoms with van der Waals surface area (Å²) in [5.74, 6) is 0.887. The first-order valence-corrected chi connectivity index (χ1v) is 7.60. The van der Waals surface area contributed by atoms with E-state index in [1.165, 1.54) is 11.1 Å². The van der Waals surface area contributed by atoms with E-state index in [9.17, 15) is 0 Å². The van der Waals surface area contributed by atoms with Crippen LogP contribution < -0.4 is 10.1 Å². The Labute approximate surface area is 132 Å². The van der Waals surface area contributed by atoms with Crippen LogP contribution in [0.3, 0.4) is 0 Å². The topological polar surface area (TPSA) is 21.3 Å². The van der Waals surface area contributed by atoms with Crippen LogP contribution in [0.15, 0.2) is 48.5 Å². The number of rotatable bonds is 6. The third-order valence-corrected chi connectivity index (χ3v) is 3.82. The van der Waals surface area contributed by atoms with Gasteiger partial charge in [0.05, 0.1) is 7.11 Å². The highest BCUT2D eigenvalue weighted by Crippen LogP contribution is 2.19. The largest absolute Gasteiger partial charge is 0.497 e. The third kappa shape index (κ3) is 4.76. The minimum Gasteiger partial charge on any atom is -0.497 e. The van der Waals surface area contributed by atoms with Crippen LogP contribution >= 0.6 is 11.6 Å². The molecule has 0 aliphatic heterocycles. The number of ether oxygens (including phenoxy) is 1. The molecule has 2 aromatic carbocycles.